The van der Waals surface area contributed by atoms with Crippen molar-refractivity contribution in [2.45, 2.75) is 58.3 Å². The van der Waals surface area contributed by atoms with Gasteiger partial charge in [-0.3, -0.25) is 4.79 Å². The van der Waals surface area contributed by atoms with E-state index in [2.05, 4.69) is 32.0 Å². The molecule has 0 aliphatic heterocycles. The van der Waals surface area contributed by atoms with Gasteiger partial charge in [0.25, 0.3) is 0 Å². The summed E-state index contributed by atoms with van der Waals surface area (Å²) in [6.45, 7) is 4.53. The van der Waals surface area contributed by atoms with E-state index in [9.17, 15) is 4.79 Å². The average molecular weight is 268 g/mol. The molecule has 0 radical (unpaired) electrons. The lowest BCUT2D eigenvalue weighted by Gasteiger charge is -2.48. The molecule has 0 bridgehead atoms. The fraction of sp³-hybridized carbons (Fsp3) is 0.632. The minimum absolute atomic E-state index is 0.0152. The Morgan fingerprint density at radius 3 is 2.85 bits per heavy atom. The maximum atomic E-state index is 12.3. The van der Waals surface area contributed by atoms with Gasteiger partial charge >= 0.3 is 0 Å². The molecule has 0 heterocycles. The van der Waals surface area contributed by atoms with E-state index in [1.54, 1.807) is 11.1 Å². The van der Waals surface area contributed by atoms with Gasteiger partial charge in [0.1, 0.15) is 5.78 Å². The zero-order valence-corrected chi connectivity index (χ0v) is 12.6. The summed E-state index contributed by atoms with van der Waals surface area (Å²) in [6.07, 6.45) is 6.85. The highest BCUT2D eigenvalue weighted by Crippen LogP contribution is 2.59. The van der Waals surface area contributed by atoms with Crippen molar-refractivity contribution < 1.29 is 4.79 Å². The standard InChI is InChI=1S/C19H24O/c1-12-4-3-5-13-6-7-14-15(18(12)13)10-11-19(2)16(14)8-9-17(19)20/h3-5,14-16H,6-11H2,1-2H3/t14-,15+,16+,19+/m1/s1. The molecule has 0 unspecified atom stereocenters. The topological polar surface area (TPSA) is 17.1 Å². The number of benzene rings is 1. The summed E-state index contributed by atoms with van der Waals surface area (Å²) >= 11 is 0. The molecule has 2 saturated carbocycles. The van der Waals surface area contributed by atoms with E-state index in [0.717, 1.165) is 31.1 Å². The molecule has 0 aromatic heterocycles. The molecule has 0 spiro atoms. The Hall–Kier alpha value is -1.11. The van der Waals surface area contributed by atoms with Crippen molar-refractivity contribution in [1.82, 2.24) is 0 Å². The largest absolute Gasteiger partial charge is 0.299 e. The molecule has 1 aromatic rings. The van der Waals surface area contributed by atoms with Gasteiger partial charge in [-0.1, -0.05) is 25.1 Å². The Morgan fingerprint density at radius 2 is 2.00 bits per heavy atom. The second kappa shape index (κ2) is 4.19. The number of hydrogen-bond acceptors (Lipinski definition) is 1. The second-order valence-corrected chi connectivity index (χ2v) is 7.48. The van der Waals surface area contributed by atoms with E-state index in [-0.39, 0.29) is 5.41 Å². The predicted octanol–water partition coefficient (Wildman–Crippen LogP) is 4.42. The van der Waals surface area contributed by atoms with Crippen LogP contribution in [-0.2, 0) is 11.2 Å². The van der Waals surface area contributed by atoms with Crippen LogP contribution in [0, 0.1) is 24.2 Å². The molecular formula is C19H24O. The normalized spacial score (nSPS) is 39.1. The van der Waals surface area contributed by atoms with Gasteiger partial charge in [0.2, 0.25) is 0 Å². The van der Waals surface area contributed by atoms with Crippen molar-refractivity contribution in [3.05, 3.63) is 34.9 Å². The Bertz CT molecular complexity index is 573. The van der Waals surface area contributed by atoms with Gasteiger partial charge < -0.3 is 0 Å². The van der Waals surface area contributed by atoms with E-state index < -0.39 is 0 Å². The van der Waals surface area contributed by atoms with Gasteiger partial charge in [0, 0.05) is 11.8 Å². The number of hydrogen-bond donors (Lipinski definition) is 0. The van der Waals surface area contributed by atoms with Crippen LogP contribution in [0.3, 0.4) is 0 Å². The number of rotatable bonds is 0. The summed E-state index contributed by atoms with van der Waals surface area (Å²) in [5.41, 5.74) is 4.72. The third kappa shape index (κ3) is 1.52. The summed E-state index contributed by atoms with van der Waals surface area (Å²) in [6, 6.07) is 6.81. The summed E-state index contributed by atoms with van der Waals surface area (Å²) in [4.78, 5) is 12.3. The first-order valence-electron chi connectivity index (χ1n) is 8.23. The minimum atomic E-state index is 0.0152. The van der Waals surface area contributed by atoms with Gasteiger partial charge in [-0.05, 0) is 73.5 Å². The molecule has 0 N–H and O–H groups in total. The molecule has 3 aliphatic rings. The Balaban J connectivity index is 1.77. The van der Waals surface area contributed by atoms with Crippen molar-refractivity contribution >= 4 is 5.78 Å². The van der Waals surface area contributed by atoms with Crippen molar-refractivity contribution in [1.29, 1.82) is 0 Å². The first-order chi connectivity index (χ1) is 9.61. The van der Waals surface area contributed by atoms with Gasteiger partial charge in [0.15, 0.2) is 0 Å². The highest BCUT2D eigenvalue weighted by atomic mass is 16.1. The first kappa shape index (κ1) is 12.6. The third-order valence-electron chi connectivity index (χ3n) is 6.68. The van der Waals surface area contributed by atoms with Crippen molar-refractivity contribution in [2.75, 3.05) is 0 Å². The average Bonchev–Trinajstić information content (AvgIpc) is 2.75. The van der Waals surface area contributed by atoms with E-state index in [0.29, 0.717) is 11.7 Å². The molecule has 1 aromatic carbocycles. The molecule has 0 amide bonds. The second-order valence-electron chi connectivity index (χ2n) is 7.48. The number of carbonyl (C=O) groups excluding carboxylic acids is 1. The quantitative estimate of drug-likeness (QED) is 0.680. The fourth-order valence-electron chi connectivity index (χ4n) is 5.63. The van der Waals surface area contributed by atoms with Crippen LogP contribution < -0.4 is 0 Å². The smallest absolute Gasteiger partial charge is 0.139 e. The SMILES string of the molecule is Cc1cccc2c1[C@H]1CC[C@]3(C)C(=O)CC[C@H]3[C@@H]1CC2. The van der Waals surface area contributed by atoms with Crippen molar-refractivity contribution in [3.63, 3.8) is 0 Å². The molecule has 0 saturated heterocycles. The number of ketones is 1. The van der Waals surface area contributed by atoms with Crippen LogP contribution >= 0.6 is 0 Å². The number of aryl methyl sites for hydroxylation is 2. The zero-order chi connectivity index (χ0) is 13.9. The van der Waals surface area contributed by atoms with Crippen LogP contribution in [0.15, 0.2) is 18.2 Å². The first-order valence-corrected chi connectivity index (χ1v) is 8.23. The lowest BCUT2D eigenvalue weighted by molar-refractivity contribution is -0.129. The predicted molar refractivity (Wildman–Crippen MR) is 80.8 cm³/mol. The third-order valence-corrected chi connectivity index (χ3v) is 6.68. The zero-order valence-electron chi connectivity index (χ0n) is 12.6. The van der Waals surface area contributed by atoms with Gasteiger partial charge in [-0.15, -0.1) is 0 Å². The van der Waals surface area contributed by atoms with E-state index >= 15 is 0 Å². The Kier molecular flexibility index (Phi) is 2.64. The lowest BCUT2D eigenvalue weighted by atomic mass is 9.55. The Morgan fingerprint density at radius 1 is 1.15 bits per heavy atom. The lowest BCUT2D eigenvalue weighted by Crippen LogP contribution is -2.42. The van der Waals surface area contributed by atoms with E-state index in [1.165, 1.54) is 24.8 Å². The number of Topliss-reactive ketones (excluding diaryl/α,β-unsaturated/α-hetero) is 1. The number of carbonyl (C=O) groups is 1. The molecule has 106 valence electrons. The summed E-state index contributed by atoms with van der Waals surface area (Å²) in [5, 5.41) is 0. The molecule has 4 atom stereocenters. The van der Waals surface area contributed by atoms with Crippen molar-refractivity contribution in [3.8, 4) is 0 Å². The summed E-state index contributed by atoms with van der Waals surface area (Å²) in [5.74, 6) is 2.69. The monoisotopic (exact) mass is 268 g/mol. The van der Waals surface area contributed by atoms with Crippen LogP contribution in [0.1, 0.15) is 61.6 Å². The molecule has 20 heavy (non-hydrogen) atoms. The van der Waals surface area contributed by atoms with Gasteiger partial charge in [-0.25, -0.2) is 0 Å². The van der Waals surface area contributed by atoms with E-state index in [1.807, 2.05) is 0 Å². The maximum Gasteiger partial charge on any atom is 0.139 e. The Labute approximate surface area is 121 Å². The molecule has 1 heteroatoms. The van der Waals surface area contributed by atoms with Crippen LogP contribution in [0.4, 0.5) is 0 Å². The fourth-order valence-corrected chi connectivity index (χ4v) is 5.63. The van der Waals surface area contributed by atoms with Gasteiger partial charge in [-0.2, -0.15) is 0 Å². The van der Waals surface area contributed by atoms with Crippen LogP contribution in [-0.4, -0.2) is 5.78 Å². The van der Waals surface area contributed by atoms with Crippen LogP contribution in [0.25, 0.3) is 0 Å². The molecule has 4 rings (SSSR count). The molecule has 2 fully saturated rings. The maximum absolute atomic E-state index is 12.3. The van der Waals surface area contributed by atoms with Crippen molar-refractivity contribution in [2.24, 2.45) is 17.3 Å². The minimum Gasteiger partial charge on any atom is -0.299 e. The van der Waals surface area contributed by atoms with Gasteiger partial charge in [0.05, 0.1) is 0 Å². The summed E-state index contributed by atoms with van der Waals surface area (Å²) in [7, 11) is 0. The van der Waals surface area contributed by atoms with Crippen LogP contribution in [0.5, 0.6) is 0 Å². The number of fused-ring (bicyclic) bond motifs is 5. The molecule has 3 aliphatic carbocycles. The highest BCUT2D eigenvalue weighted by Gasteiger charge is 2.54. The van der Waals surface area contributed by atoms with E-state index in [4.69, 9.17) is 0 Å². The van der Waals surface area contributed by atoms with Crippen LogP contribution in [0.2, 0.25) is 0 Å². The summed E-state index contributed by atoms with van der Waals surface area (Å²) < 4.78 is 0. The highest BCUT2D eigenvalue weighted by molar-refractivity contribution is 5.87. The molecule has 1 nitrogen and oxygen atoms in total. The molecular weight excluding hydrogens is 244 g/mol.